The summed E-state index contributed by atoms with van der Waals surface area (Å²) in [5.74, 6) is 2.46. The van der Waals surface area contributed by atoms with Crippen LogP contribution in [0.5, 0.6) is 5.75 Å². The van der Waals surface area contributed by atoms with Gasteiger partial charge in [-0.05, 0) is 49.7 Å². The SMILES string of the molecule is CC1CCC(N)C(CN2CCCOc3ccccc32)C1. The van der Waals surface area contributed by atoms with E-state index in [4.69, 9.17) is 10.5 Å². The molecule has 0 spiro atoms. The van der Waals surface area contributed by atoms with Gasteiger partial charge < -0.3 is 15.4 Å². The van der Waals surface area contributed by atoms with Gasteiger partial charge in [-0.1, -0.05) is 19.1 Å². The highest BCUT2D eigenvalue weighted by Gasteiger charge is 2.28. The highest BCUT2D eigenvalue weighted by Crippen LogP contribution is 2.34. The number of fused-ring (bicyclic) bond motifs is 1. The highest BCUT2D eigenvalue weighted by molar-refractivity contribution is 5.59. The number of nitrogens with two attached hydrogens (primary N) is 1. The number of rotatable bonds is 2. The van der Waals surface area contributed by atoms with Crippen LogP contribution in [0.15, 0.2) is 24.3 Å². The molecular weight excluding hydrogens is 248 g/mol. The van der Waals surface area contributed by atoms with Gasteiger partial charge in [0.05, 0.1) is 12.3 Å². The first-order chi connectivity index (χ1) is 9.74. The molecule has 3 unspecified atom stereocenters. The van der Waals surface area contributed by atoms with E-state index in [0.29, 0.717) is 12.0 Å². The van der Waals surface area contributed by atoms with Gasteiger partial charge in [-0.2, -0.15) is 0 Å². The Kier molecular flexibility index (Phi) is 4.16. The highest BCUT2D eigenvalue weighted by atomic mass is 16.5. The largest absolute Gasteiger partial charge is 0.491 e. The zero-order chi connectivity index (χ0) is 13.9. The number of nitrogens with zero attached hydrogens (tertiary/aromatic N) is 1. The summed E-state index contributed by atoms with van der Waals surface area (Å²) in [5, 5.41) is 0. The van der Waals surface area contributed by atoms with Crippen molar-refractivity contribution < 1.29 is 4.74 Å². The Bertz CT molecular complexity index is 448. The van der Waals surface area contributed by atoms with E-state index in [1.165, 1.54) is 24.9 Å². The molecule has 20 heavy (non-hydrogen) atoms. The smallest absolute Gasteiger partial charge is 0.142 e. The van der Waals surface area contributed by atoms with Crippen molar-refractivity contribution in [1.29, 1.82) is 0 Å². The van der Waals surface area contributed by atoms with E-state index in [0.717, 1.165) is 37.8 Å². The van der Waals surface area contributed by atoms with Crippen molar-refractivity contribution in [2.24, 2.45) is 17.6 Å². The molecule has 3 atom stereocenters. The normalized spacial score (nSPS) is 30.3. The van der Waals surface area contributed by atoms with Gasteiger partial charge in [-0.15, -0.1) is 0 Å². The molecule has 2 N–H and O–H groups in total. The molecule has 1 aliphatic heterocycles. The first-order valence-corrected chi connectivity index (χ1v) is 7.96. The van der Waals surface area contributed by atoms with Crippen molar-refractivity contribution in [3.05, 3.63) is 24.3 Å². The van der Waals surface area contributed by atoms with E-state index < -0.39 is 0 Å². The second-order valence-corrected chi connectivity index (χ2v) is 6.46. The fourth-order valence-electron chi connectivity index (χ4n) is 3.60. The van der Waals surface area contributed by atoms with E-state index in [9.17, 15) is 0 Å². The van der Waals surface area contributed by atoms with Gasteiger partial charge in [0.25, 0.3) is 0 Å². The molecule has 110 valence electrons. The van der Waals surface area contributed by atoms with Gasteiger partial charge in [0.2, 0.25) is 0 Å². The Morgan fingerprint density at radius 1 is 1.30 bits per heavy atom. The Labute approximate surface area is 122 Å². The lowest BCUT2D eigenvalue weighted by Crippen LogP contribution is -2.43. The maximum atomic E-state index is 6.36. The number of para-hydroxylation sites is 2. The monoisotopic (exact) mass is 274 g/mol. The predicted octanol–water partition coefficient (Wildman–Crippen LogP) is 3.04. The van der Waals surface area contributed by atoms with Gasteiger partial charge in [0, 0.05) is 19.1 Å². The maximum Gasteiger partial charge on any atom is 0.142 e. The van der Waals surface area contributed by atoms with Crippen molar-refractivity contribution in [2.45, 2.75) is 38.6 Å². The van der Waals surface area contributed by atoms with Crippen LogP contribution >= 0.6 is 0 Å². The van der Waals surface area contributed by atoms with Crippen LogP contribution in [0.25, 0.3) is 0 Å². The van der Waals surface area contributed by atoms with Crippen LogP contribution in [0.1, 0.15) is 32.6 Å². The van der Waals surface area contributed by atoms with Crippen LogP contribution in [0.2, 0.25) is 0 Å². The number of hydrogen-bond donors (Lipinski definition) is 1. The van der Waals surface area contributed by atoms with Gasteiger partial charge in [-0.25, -0.2) is 0 Å². The summed E-state index contributed by atoms with van der Waals surface area (Å²) >= 11 is 0. The van der Waals surface area contributed by atoms with Crippen LogP contribution in [0.4, 0.5) is 5.69 Å². The lowest BCUT2D eigenvalue weighted by molar-refractivity contribution is 0.248. The predicted molar refractivity (Wildman–Crippen MR) is 83.2 cm³/mol. The second-order valence-electron chi connectivity index (χ2n) is 6.46. The van der Waals surface area contributed by atoms with E-state index >= 15 is 0 Å². The molecule has 0 bridgehead atoms. The van der Waals surface area contributed by atoms with Crippen LogP contribution in [-0.4, -0.2) is 25.7 Å². The second kappa shape index (κ2) is 6.04. The number of hydrogen-bond acceptors (Lipinski definition) is 3. The van der Waals surface area contributed by atoms with Gasteiger partial charge in [0.15, 0.2) is 0 Å². The minimum atomic E-state index is 0.363. The van der Waals surface area contributed by atoms with Crippen molar-refractivity contribution in [1.82, 2.24) is 0 Å². The first kappa shape index (κ1) is 13.7. The lowest BCUT2D eigenvalue weighted by atomic mass is 9.79. The summed E-state index contributed by atoms with van der Waals surface area (Å²) in [6, 6.07) is 8.78. The van der Waals surface area contributed by atoms with Gasteiger partial charge >= 0.3 is 0 Å². The summed E-state index contributed by atoms with van der Waals surface area (Å²) in [5.41, 5.74) is 7.61. The molecule has 3 nitrogen and oxygen atoms in total. The van der Waals surface area contributed by atoms with Crippen molar-refractivity contribution >= 4 is 5.69 Å². The van der Waals surface area contributed by atoms with Gasteiger partial charge in [-0.3, -0.25) is 0 Å². The summed E-state index contributed by atoms with van der Waals surface area (Å²) in [7, 11) is 0. The Morgan fingerprint density at radius 2 is 2.15 bits per heavy atom. The van der Waals surface area contributed by atoms with Crippen molar-refractivity contribution in [3.8, 4) is 5.75 Å². The topological polar surface area (TPSA) is 38.5 Å². The van der Waals surface area contributed by atoms with Crippen LogP contribution < -0.4 is 15.4 Å². The summed E-state index contributed by atoms with van der Waals surface area (Å²) in [6.07, 6.45) is 4.82. The Balaban J connectivity index is 1.76. The van der Waals surface area contributed by atoms with E-state index in [1.807, 2.05) is 0 Å². The maximum absolute atomic E-state index is 6.36. The molecular formula is C17H26N2O. The van der Waals surface area contributed by atoms with Gasteiger partial charge in [0.1, 0.15) is 5.75 Å². The zero-order valence-electron chi connectivity index (χ0n) is 12.4. The molecule has 2 aliphatic rings. The van der Waals surface area contributed by atoms with Crippen LogP contribution in [0, 0.1) is 11.8 Å². The molecule has 3 heteroatoms. The molecule has 0 aromatic heterocycles. The van der Waals surface area contributed by atoms with Crippen molar-refractivity contribution in [3.63, 3.8) is 0 Å². The minimum Gasteiger partial charge on any atom is -0.491 e. The minimum absolute atomic E-state index is 0.363. The Morgan fingerprint density at radius 3 is 3.05 bits per heavy atom. The molecule has 0 saturated heterocycles. The molecule has 1 heterocycles. The molecule has 1 fully saturated rings. The van der Waals surface area contributed by atoms with E-state index in [1.54, 1.807) is 0 Å². The third-order valence-electron chi connectivity index (χ3n) is 4.79. The van der Waals surface area contributed by atoms with Crippen molar-refractivity contribution in [2.75, 3.05) is 24.6 Å². The molecule has 3 rings (SSSR count). The average molecular weight is 274 g/mol. The summed E-state index contributed by atoms with van der Waals surface area (Å²) in [4.78, 5) is 2.49. The fourth-order valence-corrected chi connectivity index (χ4v) is 3.60. The molecule has 1 aromatic carbocycles. The van der Waals surface area contributed by atoms with Crippen LogP contribution in [-0.2, 0) is 0 Å². The summed E-state index contributed by atoms with van der Waals surface area (Å²) < 4.78 is 5.84. The number of ether oxygens (including phenoxy) is 1. The van der Waals surface area contributed by atoms with E-state index in [2.05, 4.69) is 36.1 Å². The lowest BCUT2D eigenvalue weighted by Gasteiger charge is -2.36. The molecule has 1 saturated carbocycles. The third-order valence-corrected chi connectivity index (χ3v) is 4.79. The zero-order valence-corrected chi connectivity index (χ0v) is 12.4. The standard InChI is InChI=1S/C17H26N2O/c1-13-7-8-15(18)14(11-13)12-19-9-4-10-20-17-6-3-2-5-16(17)19/h2-3,5-6,13-15H,4,7-12,18H2,1H3. The molecule has 0 radical (unpaired) electrons. The molecule has 1 aromatic rings. The number of anilines is 1. The fraction of sp³-hybridized carbons (Fsp3) is 0.647. The molecule has 1 aliphatic carbocycles. The summed E-state index contributed by atoms with van der Waals surface area (Å²) in [6.45, 7) is 5.33. The number of benzene rings is 1. The van der Waals surface area contributed by atoms with E-state index in [-0.39, 0.29) is 0 Å². The Hall–Kier alpha value is -1.22. The molecule has 0 amide bonds. The van der Waals surface area contributed by atoms with Crippen LogP contribution in [0.3, 0.4) is 0 Å². The average Bonchev–Trinajstić information content (AvgIpc) is 2.66. The first-order valence-electron chi connectivity index (χ1n) is 7.96. The third kappa shape index (κ3) is 2.93. The quantitative estimate of drug-likeness (QED) is 0.901.